The molecule has 2 nitrogen and oxygen atoms in total. The Bertz CT molecular complexity index is 3000. The smallest absolute Gasteiger partial charge is 0.0541 e. The Labute approximate surface area is 352 Å². The average molecular weight is 771 g/mol. The second kappa shape index (κ2) is 12.9. The van der Waals surface area contributed by atoms with Gasteiger partial charge in [0.05, 0.1) is 16.7 Å². The van der Waals surface area contributed by atoms with Crippen molar-refractivity contribution in [2.75, 3.05) is 4.90 Å². The van der Waals surface area contributed by atoms with Crippen molar-refractivity contribution in [2.45, 2.75) is 37.5 Å². The molecule has 4 saturated carbocycles. The summed E-state index contributed by atoms with van der Waals surface area (Å²) < 4.78 is 2.43. The van der Waals surface area contributed by atoms with Gasteiger partial charge in [-0.05, 0) is 149 Å². The van der Waals surface area contributed by atoms with Crippen LogP contribution < -0.4 is 4.90 Å². The predicted octanol–water partition coefficient (Wildman–Crippen LogP) is 15.3. The second-order valence-corrected chi connectivity index (χ2v) is 18.3. The van der Waals surface area contributed by atoms with E-state index in [2.05, 4.69) is 210 Å². The number of hydrogen-bond donors (Lipinski definition) is 0. The lowest BCUT2D eigenvalue weighted by Gasteiger charge is -2.66. The van der Waals surface area contributed by atoms with Gasteiger partial charge in [0, 0.05) is 33.4 Å². The van der Waals surface area contributed by atoms with Gasteiger partial charge in [0.2, 0.25) is 0 Å². The third kappa shape index (κ3) is 4.94. The van der Waals surface area contributed by atoms with Gasteiger partial charge in [0.25, 0.3) is 0 Å². The van der Waals surface area contributed by atoms with Crippen LogP contribution in [-0.2, 0) is 5.41 Å². The van der Waals surface area contributed by atoms with E-state index in [0.29, 0.717) is 5.41 Å². The topological polar surface area (TPSA) is 8.17 Å². The van der Waals surface area contributed by atoms with Crippen molar-refractivity contribution in [3.63, 3.8) is 0 Å². The van der Waals surface area contributed by atoms with Crippen LogP contribution in [0.1, 0.15) is 37.7 Å². The lowest BCUT2D eigenvalue weighted by atomic mass is 9.38. The van der Waals surface area contributed by atoms with Gasteiger partial charge in [0.15, 0.2) is 0 Å². The molecular weight excluding hydrogens is 725 g/mol. The highest BCUT2D eigenvalue weighted by atomic mass is 15.1. The molecule has 1 spiro atoms. The molecule has 2 heteroatoms. The predicted molar refractivity (Wildman–Crippen MR) is 249 cm³/mol. The van der Waals surface area contributed by atoms with E-state index < -0.39 is 0 Å². The van der Waals surface area contributed by atoms with Crippen LogP contribution >= 0.6 is 0 Å². The largest absolute Gasteiger partial charge is 0.311 e. The number of anilines is 3. The molecule has 0 radical (unpaired) electrons. The molecule has 1 heterocycles. The fraction of sp³-hybridized carbons (Fsp3) is 0.172. The van der Waals surface area contributed by atoms with E-state index in [1.807, 2.05) is 0 Å². The molecule has 0 saturated heterocycles. The second-order valence-electron chi connectivity index (χ2n) is 18.3. The number of rotatable bonds is 8. The van der Waals surface area contributed by atoms with E-state index in [4.69, 9.17) is 0 Å². The lowest BCUT2D eigenvalue weighted by molar-refractivity contribution is -0.175. The van der Waals surface area contributed by atoms with E-state index in [1.165, 1.54) is 98.7 Å². The average Bonchev–Trinajstić information content (AvgIpc) is 3.93. The normalized spacial score (nSPS) is 23.3. The van der Waals surface area contributed by atoms with Crippen LogP contribution in [0.25, 0.3) is 60.9 Å². The third-order valence-corrected chi connectivity index (χ3v) is 15.7. The van der Waals surface area contributed by atoms with E-state index in [9.17, 15) is 0 Å². The standard InChI is InChI=1S/C58H46N2/c1-2-10-39(11-3-1)40-18-20-41(21-19-40)42-22-28-48(29-23-42)59(50-32-26-44(27-33-50)57-36-46-34-45-35-47(37-57)58(45,46)38-57)49-30-24-43(25-31-49)51-12-4-7-15-54(51)60-55-16-8-5-13-52(55)53-14-6-9-17-56(53)60/h1-33,45-47H,34-38H2/t45?,46-,47-,57?,58?/m0/s1. The highest BCUT2D eigenvalue weighted by Crippen LogP contribution is 2.84. The fourth-order valence-corrected chi connectivity index (χ4v) is 13.0. The molecule has 13 rings (SSSR count). The van der Waals surface area contributed by atoms with E-state index in [0.717, 1.165) is 34.5 Å². The van der Waals surface area contributed by atoms with E-state index in [-0.39, 0.29) is 0 Å². The van der Waals surface area contributed by atoms with Gasteiger partial charge in [-0.25, -0.2) is 0 Å². The first-order valence-corrected chi connectivity index (χ1v) is 22.0. The van der Waals surface area contributed by atoms with Gasteiger partial charge in [-0.2, -0.15) is 0 Å². The summed E-state index contributed by atoms with van der Waals surface area (Å²) in [5, 5.41) is 2.55. The quantitative estimate of drug-likeness (QED) is 0.149. The zero-order chi connectivity index (χ0) is 39.4. The van der Waals surface area contributed by atoms with Gasteiger partial charge >= 0.3 is 0 Å². The summed E-state index contributed by atoms with van der Waals surface area (Å²) >= 11 is 0. The zero-order valence-electron chi connectivity index (χ0n) is 33.7. The maximum atomic E-state index is 2.49. The first-order valence-electron chi connectivity index (χ1n) is 22.0. The lowest BCUT2D eigenvalue weighted by Crippen LogP contribution is -2.59. The SMILES string of the molecule is c1ccc(-c2ccc(-c3ccc(N(c4ccc(-c5ccccc5-n5c6ccccc6c6ccccc65)cc4)c4ccc(C56C[C@@H]7CC8C[C@@H](C5)C87C6)cc4)cc3)cc2)cc1. The highest BCUT2D eigenvalue weighted by Gasteiger charge is 2.77. The molecule has 2 bridgehead atoms. The van der Waals surface area contributed by atoms with Crippen molar-refractivity contribution in [1.82, 2.24) is 4.57 Å². The number of para-hydroxylation sites is 3. The van der Waals surface area contributed by atoms with E-state index >= 15 is 0 Å². The maximum Gasteiger partial charge on any atom is 0.0541 e. The molecule has 4 fully saturated rings. The molecule has 4 aliphatic carbocycles. The Hall–Kier alpha value is -6.64. The molecule has 9 aromatic rings. The van der Waals surface area contributed by atoms with Gasteiger partial charge in [-0.3, -0.25) is 0 Å². The first kappa shape index (κ1) is 34.2. The van der Waals surface area contributed by atoms with Crippen molar-refractivity contribution in [2.24, 2.45) is 23.2 Å². The van der Waals surface area contributed by atoms with Crippen molar-refractivity contribution < 1.29 is 0 Å². The molecule has 1 aromatic heterocycles. The summed E-state index contributed by atoms with van der Waals surface area (Å²) in [5.74, 6) is 3.00. The molecule has 0 N–H and O–H groups in total. The molecule has 0 amide bonds. The fourth-order valence-electron chi connectivity index (χ4n) is 13.0. The Morgan fingerprint density at radius 1 is 0.400 bits per heavy atom. The molecule has 0 unspecified atom stereocenters. The van der Waals surface area contributed by atoms with Crippen LogP contribution in [0.2, 0.25) is 0 Å². The minimum absolute atomic E-state index is 0.396. The van der Waals surface area contributed by atoms with Crippen LogP contribution in [-0.4, -0.2) is 4.57 Å². The summed E-state index contributed by atoms with van der Waals surface area (Å²) in [6.45, 7) is 0. The van der Waals surface area contributed by atoms with Crippen LogP contribution in [0.15, 0.2) is 200 Å². The molecular formula is C58H46N2. The van der Waals surface area contributed by atoms with Crippen LogP contribution in [0.5, 0.6) is 0 Å². The van der Waals surface area contributed by atoms with E-state index in [1.54, 1.807) is 5.56 Å². The maximum absolute atomic E-state index is 2.49. The molecule has 4 aliphatic rings. The Morgan fingerprint density at radius 2 is 0.850 bits per heavy atom. The van der Waals surface area contributed by atoms with Crippen molar-refractivity contribution in [1.29, 1.82) is 0 Å². The zero-order valence-corrected chi connectivity index (χ0v) is 33.7. The molecule has 0 aliphatic heterocycles. The number of benzene rings is 8. The highest BCUT2D eigenvalue weighted by molar-refractivity contribution is 6.09. The van der Waals surface area contributed by atoms with Crippen molar-refractivity contribution in [3.8, 4) is 39.1 Å². The molecule has 2 atom stereocenters. The molecule has 8 aromatic carbocycles. The number of fused-ring (bicyclic) bond motifs is 4. The van der Waals surface area contributed by atoms with Crippen LogP contribution in [0.4, 0.5) is 17.1 Å². The Balaban J connectivity index is 0.870. The number of aromatic nitrogens is 1. The van der Waals surface area contributed by atoms with Crippen molar-refractivity contribution in [3.05, 3.63) is 206 Å². The van der Waals surface area contributed by atoms with Crippen LogP contribution in [0.3, 0.4) is 0 Å². The van der Waals surface area contributed by atoms with Gasteiger partial charge < -0.3 is 9.47 Å². The van der Waals surface area contributed by atoms with Gasteiger partial charge in [-0.15, -0.1) is 0 Å². The number of hydrogen-bond acceptors (Lipinski definition) is 1. The van der Waals surface area contributed by atoms with Gasteiger partial charge in [0.1, 0.15) is 0 Å². The third-order valence-electron chi connectivity index (χ3n) is 15.7. The molecule has 288 valence electrons. The van der Waals surface area contributed by atoms with Crippen LogP contribution in [0, 0.1) is 23.2 Å². The molecule has 60 heavy (non-hydrogen) atoms. The summed E-state index contributed by atoms with van der Waals surface area (Å²) in [6, 6.07) is 74.1. The monoisotopic (exact) mass is 770 g/mol. The summed E-state index contributed by atoms with van der Waals surface area (Å²) in [6.07, 6.45) is 7.25. The summed E-state index contributed by atoms with van der Waals surface area (Å²) in [5.41, 5.74) is 17.2. The Kier molecular flexibility index (Phi) is 7.38. The van der Waals surface area contributed by atoms with Gasteiger partial charge in [-0.1, -0.05) is 146 Å². The number of nitrogens with zero attached hydrogens (tertiary/aromatic N) is 2. The minimum atomic E-state index is 0.396. The Morgan fingerprint density at radius 3 is 1.40 bits per heavy atom. The summed E-state index contributed by atoms with van der Waals surface area (Å²) in [4.78, 5) is 2.44. The van der Waals surface area contributed by atoms with Crippen molar-refractivity contribution >= 4 is 38.9 Å². The first-order chi connectivity index (χ1) is 29.6. The minimum Gasteiger partial charge on any atom is -0.311 e. The summed E-state index contributed by atoms with van der Waals surface area (Å²) in [7, 11) is 0.